The summed E-state index contributed by atoms with van der Waals surface area (Å²) >= 11 is 3.87. The van der Waals surface area contributed by atoms with Crippen molar-refractivity contribution in [2.45, 2.75) is 82.2 Å². The topological polar surface area (TPSA) is 9.23 Å². The van der Waals surface area contributed by atoms with Crippen LogP contribution in [0, 0.1) is 5.41 Å². The third kappa shape index (κ3) is 2.33. The van der Waals surface area contributed by atoms with Crippen LogP contribution in [0.5, 0.6) is 0 Å². The van der Waals surface area contributed by atoms with Crippen LogP contribution in [0.2, 0.25) is 0 Å². The summed E-state index contributed by atoms with van der Waals surface area (Å²) in [6, 6.07) is 0. The van der Waals surface area contributed by atoms with Crippen LogP contribution in [-0.2, 0) is 4.74 Å². The molecule has 0 aromatic rings. The van der Waals surface area contributed by atoms with E-state index in [4.69, 9.17) is 4.74 Å². The van der Waals surface area contributed by atoms with Crippen LogP contribution in [0.3, 0.4) is 0 Å². The summed E-state index contributed by atoms with van der Waals surface area (Å²) in [5, 5.41) is 0. The van der Waals surface area contributed by atoms with Gasteiger partial charge in [-0.25, -0.2) is 0 Å². The summed E-state index contributed by atoms with van der Waals surface area (Å²) in [6.07, 6.45) is 11.7. The minimum absolute atomic E-state index is 0.453. The summed E-state index contributed by atoms with van der Waals surface area (Å²) < 4.78 is 6.26. The molecule has 0 aromatic carbocycles. The molecule has 2 aliphatic rings. The molecule has 16 heavy (non-hydrogen) atoms. The first-order chi connectivity index (χ1) is 7.69. The first-order valence-corrected chi connectivity index (χ1v) is 7.90. The third-order valence-corrected chi connectivity index (χ3v) is 5.85. The number of hydrogen-bond donors (Lipinski definition) is 0. The quantitative estimate of drug-likeness (QED) is 0.683. The van der Waals surface area contributed by atoms with E-state index in [-0.39, 0.29) is 0 Å². The zero-order valence-corrected chi connectivity index (χ0v) is 12.3. The monoisotopic (exact) mass is 288 g/mol. The van der Waals surface area contributed by atoms with Crippen LogP contribution >= 0.6 is 15.9 Å². The van der Waals surface area contributed by atoms with Gasteiger partial charge in [-0.05, 0) is 32.6 Å². The van der Waals surface area contributed by atoms with Gasteiger partial charge in [-0.3, -0.25) is 0 Å². The van der Waals surface area contributed by atoms with Gasteiger partial charge < -0.3 is 4.74 Å². The van der Waals surface area contributed by atoms with Gasteiger partial charge >= 0.3 is 0 Å². The molecule has 2 aliphatic carbocycles. The van der Waals surface area contributed by atoms with Gasteiger partial charge in [0.2, 0.25) is 0 Å². The molecule has 0 radical (unpaired) electrons. The predicted octanol–water partition coefficient (Wildman–Crippen LogP) is 4.68. The van der Waals surface area contributed by atoms with Crippen molar-refractivity contribution in [3.63, 3.8) is 0 Å². The highest BCUT2D eigenvalue weighted by atomic mass is 79.9. The van der Waals surface area contributed by atoms with Crippen molar-refractivity contribution in [2.24, 2.45) is 5.41 Å². The minimum Gasteiger partial charge on any atom is -0.375 e. The Balaban J connectivity index is 1.90. The van der Waals surface area contributed by atoms with Crippen molar-refractivity contribution in [1.82, 2.24) is 0 Å². The van der Waals surface area contributed by atoms with Gasteiger partial charge in [-0.2, -0.15) is 0 Å². The highest BCUT2D eigenvalue weighted by Crippen LogP contribution is 2.56. The fourth-order valence-electron chi connectivity index (χ4n) is 3.49. The summed E-state index contributed by atoms with van der Waals surface area (Å²) in [6.45, 7) is 4.48. The highest BCUT2D eigenvalue weighted by molar-refractivity contribution is 9.09. The van der Waals surface area contributed by atoms with Crippen molar-refractivity contribution in [2.75, 3.05) is 0 Å². The average Bonchev–Trinajstić information content (AvgIpc) is 2.30. The number of ether oxygens (including phenoxy) is 1. The second kappa shape index (κ2) is 5.39. The Labute approximate surface area is 108 Å². The number of hydrogen-bond acceptors (Lipinski definition) is 1. The van der Waals surface area contributed by atoms with E-state index in [0.717, 1.165) is 4.83 Å². The lowest BCUT2D eigenvalue weighted by Gasteiger charge is -2.56. The zero-order chi connectivity index (χ0) is 11.6. The van der Waals surface area contributed by atoms with Crippen LogP contribution in [0.15, 0.2) is 0 Å². The van der Waals surface area contributed by atoms with Crippen LogP contribution in [-0.4, -0.2) is 17.0 Å². The van der Waals surface area contributed by atoms with Gasteiger partial charge in [0.25, 0.3) is 0 Å². The van der Waals surface area contributed by atoms with E-state index in [1.54, 1.807) is 0 Å². The van der Waals surface area contributed by atoms with Gasteiger partial charge in [0, 0.05) is 10.2 Å². The third-order valence-electron chi connectivity index (χ3n) is 4.56. The summed E-state index contributed by atoms with van der Waals surface area (Å²) in [4.78, 5) is 0.721. The zero-order valence-electron chi connectivity index (χ0n) is 10.7. The first kappa shape index (κ1) is 12.9. The fraction of sp³-hybridized carbons (Fsp3) is 1.00. The Bertz CT molecular complexity index is 223. The van der Waals surface area contributed by atoms with Gasteiger partial charge in [0.05, 0.1) is 12.2 Å². The largest absolute Gasteiger partial charge is 0.375 e. The van der Waals surface area contributed by atoms with Gasteiger partial charge in [0.15, 0.2) is 0 Å². The second-order valence-corrected chi connectivity index (χ2v) is 6.83. The van der Waals surface area contributed by atoms with Crippen LogP contribution in [0.4, 0.5) is 0 Å². The van der Waals surface area contributed by atoms with Crippen LogP contribution in [0.1, 0.15) is 65.2 Å². The molecule has 0 aromatic heterocycles. The summed E-state index contributed by atoms with van der Waals surface area (Å²) in [7, 11) is 0. The Hall–Kier alpha value is 0.440. The van der Waals surface area contributed by atoms with Crippen molar-refractivity contribution >= 4 is 15.9 Å². The maximum absolute atomic E-state index is 6.26. The van der Waals surface area contributed by atoms with Crippen LogP contribution in [0.25, 0.3) is 0 Å². The van der Waals surface area contributed by atoms with E-state index in [2.05, 4.69) is 29.8 Å². The lowest BCUT2D eigenvalue weighted by Crippen LogP contribution is -2.57. The minimum atomic E-state index is 0.453. The second-order valence-electron chi connectivity index (χ2n) is 5.72. The van der Waals surface area contributed by atoms with Crippen LogP contribution < -0.4 is 0 Å². The smallest absolute Gasteiger partial charge is 0.0656 e. The molecule has 2 fully saturated rings. The highest BCUT2D eigenvalue weighted by Gasteiger charge is 2.54. The molecule has 3 atom stereocenters. The van der Waals surface area contributed by atoms with E-state index < -0.39 is 0 Å². The molecular weight excluding hydrogens is 264 g/mol. The number of halogens is 1. The van der Waals surface area contributed by atoms with Gasteiger partial charge in [0.1, 0.15) is 0 Å². The maximum atomic E-state index is 6.26. The molecule has 1 spiro atoms. The standard InChI is InChI=1S/C14H25BrO/c1-3-7-11(2)16-13-10-12(15)14(13)8-5-4-6-9-14/h11-13H,3-10H2,1-2H3. The van der Waals surface area contributed by atoms with E-state index in [9.17, 15) is 0 Å². The molecular formula is C14H25BrO. The van der Waals surface area contributed by atoms with E-state index in [1.807, 2.05) is 0 Å². The SMILES string of the molecule is CCCC(C)OC1CC(Br)C12CCCCC2. The lowest BCUT2D eigenvalue weighted by molar-refractivity contribution is -0.146. The molecule has 3 unspecified atom stereocenters. The molecule has 2 rings (SSSR count). The maximum Gasteiger partial charge on any atom is 0.0656 e. The van der Waals surface area contributed by atoms with Gasteiger partial charge in [-0.15, -0.1) is 0 Å². The fourth-order valence-corrected chi connectivity index (χ4v) is 4.58. The average molecular weight is 289 g/mol. The molecule has 2 heteroatoms. The lowest BCUT2D eigenvalue weighted by atomic mass is 9.58. The number of alkyl halides is 1. The van der Waals surface area contributed by atoms with E-state index in [0.29, 0.717) is 17.6 Å². The first-order valence-electron chi connectivity index (χ1n) is 6.98. The predicted molar refractivity (Wildman–Crippen MR) is 72.1 cm³/mol. The van der Waals surface area contributed by atoms with E-state index in [1.165, 1.54) is 51.4 Å². The molecule has 0 heterocycles. The van der Waals surface area contributed by atoms with E-state index >= 15 is 0 Å². The normalized spacial score (nSPS) is 34.7. The summed E-state index contributed by atoms with van der Waals surface area (Å²) in [5.41, 5.74) is 0.500. The molecule has 0 aliphatic heterocycles. The Morgan fingerprint density at radius 3 is 2.56 bits per heavy atom. The van der Waals surface area contributed by atoms with Crippen molar-refractivity contribution < 1.29 is 4.74 Å². The molecule has 0 amide bonds. The Morgan fingerprint density at radius 2 is 2.00 bits per heavy atom. The summed E-state index contributed by atoms with van der Waals surface area (Å²) in [5.74, 6) is 0. The van der Waals surface area contributed by atoms with Crippen molar-refractivity contribution in [3.05, 3.63) is 0 Å². The Kier molecular flexibility index (Phi) is 4.34. The Morgan fingerprint density at radius 1 is 1.31 bits per heavy atom. The number of rotatable bonds is 4. The molecule has 0 bridgehead atoms. The molecule has 1 nitrogen and oxygen atoms in total. The van der Waals surface area contributed by atoms with Crippen molar-refractivity contribution in [1.29, 1.82) is 0 Å². The van der Waals surface area contributed by atoms with Crippen molar-refractivity contribution in [3.8, 4) is 0 Å². The molecule has 0 saturated heterocycles. The van der Waals surface area contributed by atoms with Gasteiger partial charge in [-0.1, -0.05) is 48.5 Å². The molecule has 0 N–H and O–H groups in total. The molecule has 2 saturated carbocycles. The molecule has 94 valence electrons.